The van der Waals surface area contributed by atoms with Crippen molar-refractivity contribution in [2.45, 2.75) is 69.0 Å². The van der Waals surface area contributed by atoms with Crippen molar-refractivity contribution in [2.24, 2.45) is 5.92 Å². The van der Waals surface area contributed by atoms with Gasteiger partial charge in [-0.15, -0.1) is 0 Å². The van der Waals surface area contributed by atoms with E-state index in [-0.39, 0.29) is 5.60 Å². The number of rotatable bonds is 1. The molecule has 1 saturated carbocycles. The van der Waals surface area contributed by atoms with Gasteiger partial charge < -0.3 is 14.7 Å². The van der Waals surface area contributed by atoms with Crippen molar-refractivity contribution in [3.63, 3.8) is 0 Å². The molecule has 2 unspecified atom stereocenters. The summed E-state index contributed by atoms with van der Waals surface area (Å²) in [6, 6.07) is 0. The molecule has 3 heteroatoms. The molecule has 2 aliphatic heterocycles. The largest absolute Gasteiger partial charge is 0.388 e. The van der Waals surface area contributed by atoms with Crippen LogP contribution in [-0.2, 0) is 4.74 Å². The smallest absolute Gasteiger partial charge is 0.0804 e. The third kappa shape index (κ3) is 2.84. The highest BCUT2D eigenvalue weighted by Crippen LogP contribution is 2.45. The van der Waals surface area contributed by atoms with E-state index in [9.17, 15) is 5.11 Å². The predicted octanol–water partition coefficient (Wildman–Crippen LogP) is 2.57. The van der Waals surface area contributed by atoms with Crippen LogP contribution in [-0.4, -0.2) is 48.0 Å². The van der Waals surface area contributed by atoms with Crippen molar-refractivity contribution in [3.05, 3.63) is 0 Å². The fourth-order valence-electron chi connectivity index (χ4n) is 4.64. The number of ether oxygens (including phenoxy) is 1. The Labute approximate surface area is 117 Å². The van der Waals surface area contributed by atoms with Crippen molar-refractivity contribution in [3.8, 4) is 0 Å². The quantitative estimate of drug-likeness (QED) is 0.792. The topological polar surface area (TPSA) is 32.7 Å². The van der Waals surface area contributed by atoms with Crippen LogP contribution in [0.5, 0.6) is 0 Å². The molecular weight excluding hydrogens is 238 g/mol. The lowest BCUT2D eigenvalue weighted by Crippen LogP contribution is -2.55. The first kappa shape index (κ1) is 13.8. The van der Waals surface area contributed by atoms with Gasteiger partial charge >= 0.3 is 0 Å². The molecule has 110 valence electrons. The number of β-amino-alcohol motifs (C(OH)–C–C–N with tert-alkyl or cyclic N) is 1. The van der Waals surface area contributed by atoms with E-state index in [0.717, 1.165) is 45.4 Å². The number of piperidine rings is 1. The standard InChI is InChI=1S/C16H29NO2/c1-17-10-5-9-16(18,13-17)14-6-11-19-15(12-14)7-3-2-4-8-15/h14,18H,2-13H2,1H3. The first-order chi connectivity index (χ1) is 9.12. The van der Waals surface area contributed by atoms with Gasteiger partial charge in [0.05, 0.1) is 11.2 Å². The normalized spacial score (nSPS) is 40.4. The molecule has 1 N–H and O–H groups in total. The Bertz CT molecular complexity index is 308. The minimum Gasteiger partial charge on any atom is -0.388 e. The van der Waals surface area contributed by atoms with Gasteiger partial charge in [-0.2, -0.15) is 0 Å². The van der Waals surface area contributed by atoms with Crippen molar-refractivity contribution < 1.29 is 9.84 Å². The highest BCUT2D eigenvalue weighted by Gasteiger charge is 2.47. The van der Waals surface area contributed by atoms with Gasteiger partial charge in [-0.05, 0) is 58.0 Å². The summed E-state index contributed by atoms with van der Waals surface area (Å²) in [6.07, 6.45) is 10.7. The van der Waals surface area contributed by atoms with E-state index in [1.54, 1.807) is 0 Å². The summed E-state index contributed by atoms with van der Waals surface area (Å²) < 4.78 is 6.17. The molecular formula is C16H29NO2. The summed E-state index contributed by atoms with van der Waals surface area (Å²) >= 11 is 0. The number of hydrogen-bond acceptors (Lipinski definition) is 3. The molecule has 19 heavy (non-hydrogen) atoms. The molecule has 0 aromatic heterocycles. The van der Waals surface area contributed by atoms with E-state index in [0.29, 0.717) is 5.92 Å². The number of likely N-dealkylation sites (tertiary alicyclic amines) is 1. The van der Waals surface area contributed by atoms with Crippen LogP contribution in [0.3, 0.4) is 0 Å². The van der Waals surface area contributed by atoms with Crippen molar-refractivity contribution >= 4 is 0 Å². The molecule has 2 heterocycles. The Kier molecular flexibility index (Phi) is 3.89. The maximum absolute atomic E-state index is 11.1. The molecule has 2 atom stereocenters. The van der Waals surface area contributed by atoms with Gasteiger partial charge in [-0.1, -0.05) is 19.3 Å². The van der Waals surface area contributed by atoms with Crippen LogP contribution in [0, 0.1) is 5.92 Å². The SMILES string of the molecule is CN1CCCC(O)(C2CCOC3(CCCCC3)C2)C1. The number of nitrogens with zero attached hydrogens (tertiary/aromatic N) is 1. The Balaban J connectivity index is 1.70. The van der Waals surface area contributed by atoms with Crippen LogP contribution in [0.2, 0.25) is 0 Å². The summed E-state index contributed by atoms with van der Waals surface area (Å²) in [5.41, 5.74) is -0.339. The average molecular weight is 267 g/mol. The van der Waals surface area contributed by atoms with Gasteiger partial charge in [-0.3, -0.25) is 0 Å². The second-order valence-corrected chi connectivity index (χ2v) is 7.23. The Morgan fingerprint density at radius 1 is 1.11 bits per heavy atom. The third-order valence-corrected chi connectivity index (χ3v) is 5.71. The lowest BCUT2D eigenvalue weighted by Gasteiger charge is -2.50. The van der Waals surface area contributed by atoms with E-state index in [1.807, 2.05) is 0 Å². The van der Waals surface area contributed by atoms with Gasteiger partial charge in [0.15, 0.2) is 0 Å². The summed E-state index contributed by atoms with van der Waals surface area (Å²) in [5, 5.41) is 11.1. The van der Waals surface area contributed by atoms with E-state index in [2.05, 4.69) is 11.9 Å². The number of aliphatic hydroxyl groups is 1. The third-order valence-electron chi connectivity index (χ3n) is 5.71. The zero-order valence-electron chi connectivity index (χ0n) is 12.4. The number of hydrogen-bond donors (Lipinski definition) is 1. The van der Waals surface area contributed by atoms with Gasteiger partial charge in [-0.25, -0.2) is 0 Å². The predicted molar refractivity (Wildman–Crippen MR) is 76.2 cm³/mol. The molecule has 0 bridgehead atoms. The van der Waals surface area contributed by atoms with Crippen LogP contribution >= 0.6 is 0 Å². The first-order valence-corrected chi connectivity index (χ1v) is 8.17. The van der Waals surface area contributed by atoms with Gasteiger partial charge in [0.1, 0.15) is 0 Å². The highest BCUT2D eigenvalue weighted by atomic mass is 16.5. The molecule has 3 fully saturated rings. The molecule has 1 spiro atoms. The zero-order valence-corrected chi connectivity index (χ0v) is 12.4. The molecule has 2 saturated heterocycles. The maximum Gasteiger partial charge on any atom is 0.0804 e. The van der Waals surface area contributed by atoms with Crippen LogP contribution in [0.25, 0.3) is 0 Å². The summed E-state index contributed by atoms with van der Waals surface area (Å²) in [5.74, 6) is 0.446. The monoisotopic (exact) mass is 267 g/mol. The van der Waals surface area contributed by atoms with E-state index >= 15 is 0 Å². The van der Waals surface area contributed by atoms with E-state index in [1.165, 1.54) is 32.1 Å². The second-order valence-electron chi connectivity index (χ2n) is 7.23. The zero-order chi connectivity index (χ0) is 13.3. The van der Waals surface area contributed by atoms with Crippen LogP contribution < -0.4 is 0 Å². The molecule has 3 nitrogen and oxygen atoms in total. The Morgan fingerprint density at radius 3 is 2.63 bits per heavy atom. The molecule has 0 radical (unpaired) electrons. The van der Waals surface area contributed by atoms with Crippen LogP contribution in [0.15, 0.2) is 0 Å². The van der Waals surface area contributed by atoms with Crippen molar-refractivity contribution in [2.75, 3.05) is 26.7 Å². The fraction of sp³-hybridized carbons (Fsp3) is 1.00. The lowest BCUT2D eigenvalue weighted by atomic mass is 9.69. The second kappa shape index (κ2) is 5.34. The van der Waals surface area contributed by atoms with Crippen LogP contribution in [0.1, 0.15) is 57.8 Å². The molecule has 0 amide bonds. The van der Waals surface area contributed by atoms with Gasteiger partial charge in [0.25, 0.3) is 0 Å². The molecule has 3 rings (SSSR count). The lowest BCUT2D eigenvalue weighted by molar-refractivity contribution is -0.167. The van der Waals surface area contributed by atoms with E-state index < -0.39 is 5.60 Å². The summed E-state index contributed by atoms with van der Waals surface area (Å²) in [6.45, 7) is 2.85. The van der Waals surface area contributed by atoms with Gasteiger partial charge in [0, 0.05) is 13.2 Å². The van der Waals surface area contributed by atoms with Crippen LogP contribution in [0.4, 0.5) is 0 Å². The highest BCUT2D eigenvalue weighted by molar-refractivity contribution is 4.99. The van der Waals surface area contributed by atoms with Crippen molar-refractivity contribution in [1.29, 1.82) is 0 Å². The minimum absolute atomic E-state index is 0.118. The first-order valence-electron chi connectivity index (χ1n) is 8.17. The molecule has 0 aromatic rings. The fourth-order valence-corrected chi connectivity index (χ4v) is 4.64. The van der Waals surface area contributed by atoms with E-state index in [4.69, 9.17) is 4.74 Å². The molecule has 1 aliphatic carbocycles. The minimum atomic E-state index is -0.457. The average Bonchev–Trinajstić information content (AvgIpc) is 2.39. The molecule has 0 aromatic carbocycles. The molecule has 3 aliphatic rings. The van der Waals surface area contributed by atoms with Crippen molar-refractivity contribution in [1.82, 2.24) is 4.90 Å². The number of likely N-dealkylation sites (N-methyl/N-ethyl adjacent to an activating group) is 1. The summed E-state index contributed by atoms with van der Waals surface area (Å²) in [7, 11) is 2.14. The Hall–Kier alpha value is -0.120. The summed E-state index contributed by atoms with van der Waals surface area (Å²) in [4.78, 5) is 2.30. The van der Waals surface area contributed by atoms with Gasteiger partial charge in [0.2, 0.25) is 0 Å². The Morgan fingerprint density at radius 2 is 1.89 bits per heavy atom. The maximum atomic E-state index is 11.1.